The Morgan fingerprint density at radius 2 is 1.80 bits per heavy atom. The first kappa shape index (κ1) is 15.3. The molecule has 2 rings (SSSR count). The van der Waals surface area contributed by atoms with Crippen LogP contribution in [-0.2, 0) is 22.0 Å². The molecule has 1 aromatic carbocycles. The van der Waals surface area contributed by atoms with Crippen LogP contribution in [0.5, 0.6) is 0 Å². The van der Waals surface area contributed by atoms with E-state index in [4.69, 9.17) is 26.0 Å². The second kappa shape index (κ2) is 10.8. The molecule has 0 aliphatic carbocycles. The average Bonchev–Trinajstić information content (AvgIpc) is 2.78. The standard InChI is InChI=1S/C7H6Cl.C4H8O.ClH.Zn/c1-6-3-2-4-7(8)5-6;1-2-4-5-3-1;;/h2-5H,1H2;1-4H2;1H;/q-1;;;+2/p-1. The molecule has 80 valence electrons. The number of rotatable bonds is 0. The maximum atomic E-state index is 5.60. The first-order chi connectivity index (χ1) is 7.29. The molecule has 0 amide bonds. The van der Waals surface area contributed by atoms with E-state index < -0.39 is 0 Å². The van der Waals surface area contributed by atoms with Crippen molar-refractivity contribution in [3.8, 4) is 0 Å². The van der Waals surface area contributed by atoms with Gasteiger partial charge in [-0.3, -0.25) is 0 Å². The van der Waals surface area contributed by atoms with E-state index in [1.54, 1.807) is 0 Å². The van der Waals surface area contributed by atoms with Crippen molar-refractivity contribution in [2.75, 3.05) is 13.2 Å². The fraction of sp³-hybridized carbons (Fsp3) is 0.364. The Morgan fingerprint density at radius 1 is 1.20 bits per heavy atom. The number of halogens is 2. The first-order valence-electron chi connectivity index (χ1n) is 4.71. The van der Waals surface area contributed by atoms with Crippen LogP contribution in [0, 0.1) is 6.92 Å². The van der Waals surface area contributed by atoms with Crippen molar-refractivity contribution >= 4 is 21.3 Å². The molecule has 0 spiro atoms. The van der Waals surface area contributed by atoms with Crippen LogP contribution >= 0.6 is 21.3 Å². The van der Waals surface area contributed by atoms with Gasteiger partial charge in [0.05, 0.1) is 0 Å². The molecule has 0 unspecified atom stereocenters. The monoisotopic (exact) mass is 296 g/mol. The van der Waals surface area contributed by atoms with Crippen molar-refractivity contribution in [1.82, 2.24) is 0 Å². The summed E-state index contributed by atoms with van der Waals surface area (Å²) in [4.78, 5) is 0. The number of benzene rings is 1. The van der Waals surface area contributed by atoms with E-state index in [1.807, 2.05) is 24.3 Å². The minimum absolute atomic E-state index is 0.748. The van der Waals surface area contributed by atoms with Gasteiger partial charge in [0.1, 0.15) is 0 Å². The van der Waals surface area contributed by atoms with Gasteiger partial charge in [0, 0.05) is 13.2 Å². The van der Waals surface area contributed by atoms with Gasteiger partial charge in [0.15, 0.2) is 0 Å². The fourth-order valence-corrected chi connectivity index (χ4v) is 1.26. The molecule has 4 heteroatoms. The first-order valence-corrected chi connectivity index (χ1v) is 8.99. The van der Waals surface area contributed by atoms with Crippen LogP contribution < -0.4 is 0 Å². The fourth-order valence-electron chi connectivity index (χ4n) is 1.05. The summed E-state index contributed by atoms with van der Waals surface area (Å²) < 4.78 is 4.94. The van der Waals surface area contributed by atoms with E-state index in [2.05, 4.69) is 6.92 Å². The molecule has 1 saturated heterocycles. The zero-order chi connectivity index (χ0) is 11.5. The predicted molar refractivity (Wildman–Crippen MR) is 61.8 cm³/mol. The Balaban J connectivity index is 0.000000241. The van der Waals surface area contributed by atoms with Crippen molar-refractivity contribution in [3.63, 3.8) is 0 Å². The summed E-state index contributed by atoms with van der Waals surface area (Å²) in [6.07, 6.45) is 2.56. The second-order valence-electron chi connectivity index (χ2n) is 2.95. The van der Waals surface area contributed by atoms with Gasteiger partial charge >= 0.3 is 27.0 Å². The van der Waals surface area contributed by atoms with E-state index in [9.17, 15) is 0 Å². The third kappa shape index (κ3) is 9.20. The van der Waals surface area contributed by atoms with Crippen molar-refractivity contribution in [2.45, 2.75) is 12.8 Å². The van der Waals surface area contributed by atoms with Gasteiger partial charge in [-0.1, -0.05) is 17.7 Å². The van der Waals surface area contributed by atoms with Crippen LogP contribution in [0.25, 0.3) is 0 Å². The Hall–Kier alpha value is 0.253. The van der Waals surface area contributed by atoms with Crippen molar-refractivity contribution in [2.24, 2.45) is 0 Å². The summed E-state index contributed by atoms with van der Waals surface area (Å²) in [5.74, 6) is 0. The summed E-state index contributed by atoms with van der Waals surface area (Å²) in [6, 6.07) is 7.44. The zero-order valence-electron chi connectivity index (χ0n) is 8.72. The van der Waals surface area contributed by atoms with E-state index >= 15 is 0 Å². The zero-order valence-corrected chi connectivity index (χ0v) is 13.2. The Kier molecular flexibility index (Phi) is 10.9. The molecule has 1 nitrogen and oxygen atoms in total. The van der Waals surface area contributed by atoms with Crippen LogP contribution in [0.15, 0.2) is 24.3 Å². The Labute approximate surface area is 111 Å². The number of ether oxygens (including phenoxy) is 1. The topological polar surface area (TPSA) is 9.23 Å². The van der Waals surface area contributed by atoms with Crippen LogP contribution in [0.3, 0.4) is 0 Å². The molecule has 0 saturated carbocycles. The molecule has 1 aromatic rings. The molecule has 0 aromatic heterocycles. The van der Waals surface area contributed by atoms with Crippen molar-refractivity contribution in [3.05, 3.63) is 41.8 Å². The second-order valence-corrected chi connectivity index (χ2v) is 3.39. The van der Waals surface area contributed by atoms with Crippen molar-refractivity contribution < 1.29 is 22.0 Å². The van der Waals surface area contributed by atoms with E-state index in [-0.39, 0.29) is 0 Å². The summed E-state index contributed by atoms with van der Waals surface area (Å²) in [7, 11) is 4.76. The molecule has 1 heterocycles. The normalized spacial score (nSPS) is 13.3. The van der Waals surface area contributed by atoms with Gasteiger partial charge in [-0.05, 0) is 17.9 Å². The van der Waals surface area contributed by atoms with Crippen molar-refractivity contribution in [1.29, 1.82) is 0 Å². The summed E-state index contributed by atoms with van der Waals surface area (Å²) in [5, 5.41) is 0.748. The molecule has 15 heavy (non-hydrogen) atoms. The molecular formula is C11H14Cl2OZn. The Morgan fingerprint density at radius 3 is 2.07 bits per heavy atom. The van der Waals surface area contributed by atoms with Crippen LogP contribution in [0.4, 0.5) is 0 Å². The van der Waals surface area contributed by atoms with Gasteiger partial charge < -0.3 is 4.74 Å². The van der Waals surface area contributed by atoms with E-state index in [0.717, 1.165) is 41.1 Å². The summed E-state index contributed by atoms with van der Waals surface area (Å²) in [5.41, 5.74) is 0.956. The van der Waals surface area contributed by atoms with Gasteiger partial charge in [0.2, 0.25) is 0 Å². The molecule has 0 radical (unpaired) electrons. The number of hydrogen-bond acceptors (Lipinski definition) is 1. The van der Waals surface area contributed by atoms with E-state index in [0.29, 0.717) is 0 Å². The van der Waals surface area contributed by atoms with Gasteiger partial charge in [-0.15, -0.1) is 12.1 Å². The van der Waals surface area contributed by atoms with Gasteiger partial charge in [0.25, 0.3) is 0 Å². The van der Waals surface area contributed by atoms with E-state index in [1.165, 1.54) is 12.8 Å². The molecule has 1 aliphatic rings. The van der Waals surface area contributed by atoms with Crippen LogP contribution in [0.1, 0.15) is 18.4 Å². The maximum absolute atomic E-state index is 5.60. The molecular weight excluding hydrogens is 284 g/mol. The third-order valence-electron chi connectivity index (χ3n) is 1.72. The number of hydrogen-bond donors (Lipinski definition) is 0. The molecule has 0 atom stereocenters. The van der Waals surface area contributed by atoms with Crippen LogP contribution in [-0.4, -0.2) is 13.2 Å². The van der Waals surface area contributed by atoms with Crippen LogP contribution in [0.2, 0.25) is 5.02 Å². The molecule has 0 bridgehead atoms. The van der Waals surface area contributed by atoms with Gasteiger partial charge in [-0.2, -0.15) is 18.6 Å². The third-order valence-corrected chi connectivity index (χ3v) is 1.95. The summed E-state index contributed by atoms with van der Waals surface area (Å²) in [6.45, 7) is 5.70. The predicted octanol–water partition coefficient (Wildman–Crippen LogP) is 4.01. The molecule has 1 fully saturated rings. The SMILES string of the molecule is C1CCOC1.[CH2-]c1cccc(Cl)c1.[Cl][Zn+]. The Bertz CT molecular complexity index is 227. The summed E-state index contributed by atoms with van der Waals surface area (Å²) >= 11 is 6.45. The molecule has 1 aliphatic heterocycles. The van der Waals surface area contributed by atoms with Gasteiger partial charge in [-0.25, -0.2) is 0 Å². The average molecular weight is 299 g/mol. The minimum atomic E-state index is 0.748. The molecule has 0 N–H and O–H groups in total. The quantitative estimate of drug-likeness (QED) is 0.519.